The molecular weight excluding hydrogens is 290 g/mol. The Bertz CT molecular complexity index is 440. The zero-order valence-electron chi connectivity index (χ0n) is 14.1. The molecule has 0 spiro atoms. The van der Waals surface area contributed by atoms with Crippen molar-refractivity contribution in [2.24, 2.45) is 35.1 Å². The average Bonchev–Trinajstić information content (AvgIpc) is 2.52. The molecule has 2 bridgehead atoms. The summed E-state index contributed by atoms with van der Waals surface area (Å²) < 4.78 is 0. The average molecular weight is 321 g/mol. The Labute approximate surface area is 139 Å². The molecule has 0 aromatic carbocycles. The predicted octanol–water partition coefficient (Wildman–Crippen LogP) is 1.64. The van der Waals surface area contributed by atoms with Gasteiger partial charge in [-0.15, -0.1) is 0 Å². The number of carbonyl (C=O) groups is 2. The molecule has 3 unspecified atom stereocenters. The van der Waals surface area contributed by atoms with Crippen molar-refractivity contribution < 1.29 is 9.59 Å². The van der Waals surface area contributed by atoms with Crippen LogP contribution in [0.25, 0.3) is 0 Å². The topological polar surface area (TPSA) is 89.4 Å². The summed E-state index contributed by atoms with van der Waals surface area (Å²) >= 11 is 0. The normalized spacial score (nSPS) is 37.4. The van der Waals surface area contributed by atoms with Crippen LogP contribution < -0.4 is 11.5 Å². The zero-order chi connectivity index (χ0) is 16.4. The number of amides is 2. The smallest absolute Gasteiger partial charge is 0.225 e. The van der Waals surface area contributed by atoms with E-state index in [4.69, 9.17) is 11.5 Å². The van der Waals surface area contributed by atoms with E-state index < -0.39 is 0 Å². The summed E-state index contributed by atoms with van der Waals surface area (Å²) in [5.74, 6) is 1.82. The van der Waals surface area contributed by atoms with Gasteiger partial charge in [-0.2, -0.15) is 0 Å². The first-order chi connectivity index (χ1) is 11.0. The standard InChI is InChI=1S/C18H31N3O2/c19-16(22)7-6-12-3-2-8-21(11-12)18(23)15-9-13-4-1-5-14(10-15)17(13)20/h12-15,17H,1-11,20H2,(H2,19,22). The van der Waals surface area contributed by atoms with Gasteiger partial charge in [-0.3, -0.25) is 9.59 Å². The molecule has 3 rings (SSSR count). The largest absolute Gasteiger partial charge is 0.370 e. The van der Waals surface area contributed by atoms with Gasteiger partial charge in [0.2, 0.25) is 11.8 Å². The highest BCUT2D eigenvalue weighted by Gasteiger charge is 2.42. The van der Waals surface area contributed by atoms with E-state index in [1.54, 1.807) is 0 Å². The fourth-order valence-corrected chi connectivity index (χ4v) is 5.10. The molecule has 2 aliphatic carbocycles. The Morgan fingerprint density at radius 3 is 2.39 bits per heavy atom. The van der Waals surface area contributed by atoms with Crippen LogP contribution in [0.4, 0.5) is 0 Å². The molecule has 3 fully saturated rings. The van der Waals surface area contributed by atoms with Crippen molar-refractivity contribution >= 4 is 11.8 Å². The minimum absolute atomic E-state index is 0.181. The molecule has 1 heterocycles. The molecule has 5 nitrogen and oxygen atoms in total. The van der Waals surface area contributed by atoms with Crippen LogP contribution in [-0.4, -0.2) is 35.8 Å². The van der Waals surface area contributed by atoms with Crippen LogP contribution in [0.2, 0.25) is 0 Å². The molecule has 5 heteroatoms. The Morgan fingerprint density at radius 1 is 1.04 bits per heavy atom. The van der Waals surface area contributed by atoms with Crippen molar-refractivity contribution in [2.75, 3.05) is 13.1 Å². The van der Waals surface area contributed by atoms with Crippen LogP contribution >= 0.6 is 0 Å². The van der Waals surface area contributed by atoms with Crippen molar-refractivity contribution in [3.8, 4) is 0 Å². The summed E-state index contributed by atoms with van der Waals surface area (Å²) in [6.07, 6.45) is 9.06. The first-order valence-electron chi connectivity index (χ1n) is 9.37. The Kier molecular flexibility index (Phi) is 5.24. The number of piperidine rings is 1. The van der Waals surface area contributed by atoms with Crippen molar-refractivity contribution in [1.82, 2.24) is 4.90 Å². The number of hydrogen-bond acceptors (Lipinski definition) is 3. The van der Waals surface area contributed by atoms with Gasteiger partial charge in [-0.1, -0.05) is 6.42 Å². The predicted molar refractivity (Wildman–Crippen MR) is 89.3 cm³/mol. The van der Waals surface area contributed by atoms with Gasteiger partial charge in [0.15, 0.2) is 0 Å². The van der Waals surface area contributed by atoms with Gasteiger partial charge >= 0.3 is 0 Å². The van der Waals surface area contributed by atoms with Crippen LogP contribution in [0, 0.1) is 23.7 Å². The van der Waals surface area contributed by atoms with E-state index in [-0.39, 0.29) is 11.8 Å². The molecule has 3 aliphatic rings. The van der Waals surface area contributed by atoms with Crippen molar-refractivity contribution in [1.29, 1.82) is 0 Å². The molecule has 130 valence electrons. The van der Waals surface area contributed by atoms with Crippen molar-refractivity contribution in [2.45, 2.75) is 63.8 Å². The molecule has 1 aliphatic heterocycles. The van der Waals surface area contributed by atoms with Gasteiger partial charge in [-0.05, 0) is 62.7 Å². The van der Waals surface area contributed by atoms with Crippen molar-refractivity contribution in [3.63, 3.8) is 0 Å². The highest BCUT2D eigenvalue weighted by Crippen LogP contribution is 2.42. The maximum atomic E-state index is 13.0. The van der Waals surface area contributed by atoms with Gasteiger partial charge in [0, 0.05) is 31.5 Å². The fourth-order valence-electron chi connectivity index (χ4n) is 5.10. The number of nitrogens with zero attached hydrogens (tertiary/aromatic N) is 1. The van der Waals surface area contributed by atoms with E-state index >= 15 is 0 Å². The first kappa shape index (κ1) is 16.7. The molecule has 0 aromatic rings. The quantitative estimate of drug-likeness (QED) is 0.825. The molecular formula is C18H31N3O2. The lowest BCUT2D eigenvalue weighted by Gasteiger charge is -2.45. The minimum Gasteiger partial charge on any atom is -0.370 e. The second kappa shape index (κ2) is 7.20. The van der Waals surface area contributed by atoms with Crippen LogP contribution in [0.5, 0.6) is 0 Å². The monoisotopic (exact) mass is 321 g/mol. The first-order valence-corrected chi connectivity index (χ1v) is 9.37. The van der Waals surface area contributed by atoms with Crippen molar-refractivity contribution in [3.05, 3.63) is 0 Å². The highest BCUT2D eigenvalue weighted by molar-refractivity contribution is 5.79. The summed E-state index contributed by atoms with van der Waals surface area (Å²) in [7, 11) is 0. The molecule has 23 heavy (non-hydrogen) atoms. The summed E-state index contributed by atoms with van der Waals surface area (Å²) in [5, 5.41) is 0. The van der Waals surface area contributed by atoms with Crippen LogP contribution in [0.3, 0.4) is 0 Å². The van der Waals surface area contributed by atoms with Gasteiger partial charge < -0.3 is 16.4 Å². The summed E-state index contributed by atoms with van der Waals surface area (Å²) in [5.41, 5.74) is 11.6. The number of carbonyl (C=O) groups excluding carboxylic acids is 2. The number of likely N-dealkylation sites (tertiary alicyclic amines) is 1. The van der Waals surface area contributed by atoms with Gasteiger partial charge in [0.25, 0.3) is 0 Å². The van der Waals surface area contributed by atoms with E-state index in [1.165, 1.54) is 19.3 Å². The molecule has 2 amide bonds. The Morgan fingerprint density at radius 2 is 1.74 bits per heavy atom. The minimum atomic E-state index is -0.234. The summed E-state index contributed by atoms with van der Waals surface area (Å²) in [6.45, 7) is 1.69. The second-order valence-electron chi connectivity index (χ2n) is 7.99. The number of fused-ring (bicyclic) bond motifs is 2. The maximum absolute atomic E-state index is 13.0. The molecule has 4 N–H and O–H groups in total. The lowest BCUT2D eigenvalue weighted by Crippen LogP contribution is -2.51. The SMILES string of the molecule is NC(=O)CCC1CCCN(C(=O)C2CC3CCCC(C2)C3N)C1. The second-order valence-corrected chi connectivity index (χ2v) is 7.99. The van der Waals surface area contributed by atoms with Crippen LogP contribution in [0.15, 0.2) is 0 Å². The van der Waals surface area contributed by atoms with Crippen LogP contribution in [0.1, 0.15) is 57.8 Å². The zero-order valence-corrected chi connectivity index (χ0v) is 14.1. The Hall–Kier alpha value is -1.10. The number of primary amides is 1. The van der Waals surface area contributed by atoms with E-state index in [9.17, 15) is 9.59 Å². The molecule has 2 saturated carbocycles. The van der Waals surface area contributed by atoms with Gasteiger partial charge in [0.1, 0.15) is 0 Å². The number of hydrogen-bond donors (Lipinski definition) is 2. The molecule has 0 aromatic heterocycles. The fraction of sp³-hybridized carbons (Fsp3) is 0.889. The maximum Gasteiger partial charge on any atom is 0.225 e. The third-order valence-corrected chi connectivity index (χ3v) is 6.39. The molecule has 1 saturated heterocycles. The van der Waals surface area contributed by atoms with E-state index in [0.717, 1.165) is 45.2 Å². The third kappa shape index (κ3) is 3.87. The molecule has 0 radical (unpaired) electrons. The number of nitrogens with two attached hydrogens (primary N) is 2. The number of rotatable bonds is 4. The summed E-state index contributed by atoms with van der Waals surface area (Å²) in [4.78, 5) is 26.0. The molecule has 3 atom stereocenters. The van der Waals surface area contributed by atoms with E-state index in [0.29, 0.717) is 36.1 Å². The third-order valence-electron chi connectivity index (χ3n) is 6.39. The van der Waals surface area contributed by atoms with Gasteiger partial charge in [0.05, 0.1) is 0 Å². The van der Waals surface area contributed by atoms with E-state index in [2.05, 4.69) is 4.90 Å². The van der Waals surface area contributed by atoms with Gasteiger partial charge in [-0.25, -0.2) is 0 Å². The summed E-state index contributed by atoms with van der Waals surface area (Å²) in [6, 6.07) is 0.317. The lowest BCUT2D eigenvalue weighted by molar-refractivity contribution is -0.140. The Balaban J connectivity index is 1.56. The van der Waals surface area contributed by atoms with Crippen LogP contribution in [-0.2, 0) is 9.59 Å². The van der Waals surface area contributed by atoms with E-state index in [1.807, 2.05) is 0 Å². The lowest BCUT2D eigenvalue weighted by atomic mass is 9.65. The highest BCUT2D eigenvalue weighted by atomic mass is 16.2.